The molecule has 2 fully saturated rings. The number of carbonyl (C=O) groups excluding carboxylic acids is 1. The summed E-state index contributed by atoms with van der Waals surface area (Å²) >= 11 is 0. The highest BCUT2D eigenvalue weighted by Gasteiger charge is 2.50. The lowest BCUT2D eigenvalue weighted by Crippen LogP contribution is -2.35. The highest BCUT2D eigenvalue weighted by molar-refractivity contribution is 5.88. The third-order valence-electron chi connectivity index (χ3n) is 2.68. The monoisotopic (exact) mass is 142 g/mol. The van der Waals surface area contributed by atoms with E-state index >= 15 is 0 Å². The predicted molar refractivity (Wildman–Crippen MR) is 33.2 cm³/mol. The zero-order valence-electron chi connectivity index (χ0n) is 5.53. The maximum absolute atomic E-state index is 11.0. The number of Topliss-reactive ketones (excluding diaryl/α,β-unsaturated/α-hetero) is 1. The van der Waals surface area contributed by atoms with Crippen LogP contribution in [0.5, 0.6) is 0 Å². The Morgan fingerprint density at radius 1 is 1.30 bits per heavy atom. The van der Waals surface area contributed by atoms with E-state index in [2.05, 4.69) is 0 Å². The standard InChI is InChI=1S/C7H10O3/c8-5-2-3-1-4(5)7(10)6(3)9/h3-5,7-8,10H,1-2H2. The molecule has 10 heavy (non-hydrogen) atoms. The molecular formula is C7H10O3. The number of aliphatic hydroxyl groups is 2. The van der Waals surface area contributed by atoms with Crippen LogP contribution in [0.25, 0.3) is 0 Å². The van der Waals surface area contributed by atoms with E-state index in [0.29, 0.717) is 12.8 Å². The first-order chi connectivity index (χ1) is 4.70. The van der Waals surface area contributed by atoms with Crippen molar-refractivity contribution in [1.29, 1.82) is 0 Å². The fourth-order valence-electron chi connectivity index (χ4n) is 2.07. The number of carbonyl (C=O) groups is 1. The van der Waals surface area contributed by atoms with Crippen molar-refractivity contribution in [2.24, 2.45) is 11.8 Å². The molecule has 2 bridgehead atoms. The van der Waals surface area contributed by atoms with Crippen molar-refractivity contribution in [1.82, 2.24) is 0 Å². The highest BCUT2D eigenvalue weighted by atomic mass is 16.3. The lowest BCUT2D eigenvalue weighted by Gasteiger charge is -2.19. The molecule has 0 saturated heterocycles. The van der Waals surface area contributed by atoms with Crippen LogP contribution in [-0.4, -0.2) is 28.2 Å². The number of rotatable bonds is 0. The molecule has 0 aliphatic heterocycles. The minimum Gasteiger partial charge on any atom is -0.393 e. The molecule has 2 aliphatic rings. The maximum Gasteiger partial charge on any atom is 0.164 e. The highest BCUT2D eigenvalue weighted by Crippen LogP contribution is 2.42. The van der Waals surface area contributed by atoms with Gasteiger partial charge in [0.2, 0.25) is 0 Å². The van der Waals surface area contributed by atoms with Gasteiger partial charge in [-0.1, -0.05) is 0 Å². The fourth-order valence-corrected chi connectivity index (χ4v) is 2.07. The SMILES string of the molecule is O=C1C2CC(O)C(C2)C1O. The summed E-state index contributed by atoms with van der Waals surface area (Å²) in [5.74, 6) is -0.261. The summed E-state index contributed by atoms with van der Waals surface area (Å²) < 4.78 is 0. The molecule has 56 valence electrons. The first-order valence-corrected chi connectivity index (χ1v) is 3.60. The van der Waals surface area contributed by atoms with Crippen molar-refractivity contribution < 1.29 is 15.0 Å². The maximum atomic E-state index is 11.0. The minimum atomic E-state index is -0.867. The Morgan fingerprint density at radius 2 is 2.00 bits per heavy atom. The van der Waals surface area contributed by atoms with E-state index in [0.717, 1.165) is 0 Å². The minimum absolute atomic E-state index is 0.0463. The Labute approximate surface area is 58.7 Å². The molecule has 0 amide bonds. The van der Waals surface area contributed by atoms with Crippen LogP contribution in [0.2, 0.25) is 0 Å². The molecular weight excluding hydrogens is 132 g/mol. The second-order valence-corrected chi connectivity index (χ2v) is 3.25. The zero-order valence-corrected chi connectivity index (χ0v) is 5.53. The van der Waals surface area contributed by atoms with Crippen LogP contribution >= 0.6 is 0 Å². The van der Waals surface area contributed by atoms with Gasteiger partial charge in [0.05, 0.1) is 6.10 Å². The van der Waals surface area contributed by atoms with Gasteiger partial charge in [-0.15, -0.1) is 0 Å². The molecule has 3 nitrogen and oxygen atoms in total. The third-order valence-corrected chi connectivity index (χ3v) is 2.68. The lowest BCUT2D eigenvalue weighted by atomic mass is 9.94. The number of ketones is 1. The predicted octanol–water partition coefficient (Wildman–Crippen LogP) is -0.683. The quantitative estimate of drug-likeness (QED) is 0.471. The van der Waals surface area contributed by atoms with Crippen LogP contribution in [0, 0.1) is 11.8 Å². The molecule has 4 atom stereocenters. The third kappa shape index (κ3) is 0.592. The van der Waals surface area contributed by atoms with Crippen LogP contribution in [0.4, 0.5) is 0 Å². The van der Waals surface area contributed by atoms with Crippen LogP contribution in [-0.2, 0) is 4.79 Å². The van der Waals surface area contributed by atoms with Gasteiger partial charge in [-0.2, -0.15) is 0 Å². The van der Waals surface area contributed by atoms with E-state index in [9.17, 15) is 9.90 Å². The van der Waals surface area contributed by atoms with Crippen molar-refractivity contribution in [3.63, 3.8) is 0 Å². The van der Waals surface area contributed by atoms with Crippen LogP contribution < -0.4 is 0 Å². The molecule has 0 heterocycles. The average Bonchev–Trinajstić information content (AvgIpc) is 2.36. The van der Waals surface area contributed by atoms with Crippen LogP contribution in [0.3, 0.4) is 0 Å². The molecule has 3 heteroatoms. The second-order valence-electron chi connectivity index (χ2n) is 3.25. The lowest BCUT2D eigenvalue weighted by molar-refractivity contribution is -0.133. The molecule has 2 N–H and O–H groups in total. The van der Waals surface area contributed by atoms with Gasteiger partial charge in [0.15, 0.2) is 5.78 Å². The first kappa shape index (κ1) is 6.31. The van der Waals surface area contributed by atoms with Gasteiger partial charge in [-0.25, -0.2) is 0 Å². The van der Waals surface area contributed by atoms with Gasteiger partial charge < -0.3 is 10.2 Å². The first-order valence-electron chi connectivity index (χ1n) is 3.60. The molecule has 0 aromatic rings. The van der Waals surface area contributed by atoms with Crippen LogP contribution in [0.15, 0.2) is 0 Å². The molecule has 4 unspecified atom stereocenters. The topological polar surface area (TPSA) is 57.5 Å². The Hall–Kier alpha value is -0.410. The summed E-state index contributed by atoms with van der Waals surface area (Å²) in [6, 6.07) is 0. The smallest absolute Gasteiger partial charge is 0.164 e. The Kier molecular flexibility index (Phi) is 1.13. The van der Waals surface area contributed by atoms with E-state index in [1.165, 1.54) is 0 Å². The molecule has 0 radical (unpaired) electrons. The summed E-state index contributed by atoms with van der Waals surface area (Å²) in [6.45, 7) is 0. The van der Waals surface area contributed by atoms with Gasteiger partial charge in [0.1, 0.15) is 6.10 Å². The van der Waals surface area contributed by atoms with E-state index in [-0.39, 0.29) is 17.6 Å². The van der Waals surface area contributed by atoms with Crippen molar-refractivity contribution in [2.45, 2.75) is 25.0 Å². The molecule has 0 aromatic carbocycles. The normalized spacial score (nSPS) is 52.4. The summed E-state index contributed by atoms with van der Waals surface area (Å²) in [4.78, 5) is 11.0. The zero-order chi connectivity index (χ0) is 7.30. The molecule has 2 aliphatic carbocycles. The van der Waals surface area contributed by atoms with E-state index in [4.69, 9.17) is 5.11 Å². The van der Waals surface area contributed by atoms with E-state index in [1.54, 1.807) is 0 Å². The van der Waals surface area contributed by atoms with Crippen LogP contribution in [0.1, 0.15) is 12.8 Å². The second kappa shape index (κ2) is 1.80. The molecule has 2 saturated carbocycles. The average molecular weight is 142 g/mol. The Balaban J connectivity index is 2.24. The Bertz CT molecular complexity index is 174. The molecule has 0 spiro atoms. The van der Waals surface area contributed by atoms with Crippen molar-refractivity contribution >= 4 is 5.78 Å². The number of aliphatic hydroxyl groups excluding tert-OH is 2. The Morgan fingerprint density at radius 3 is 2.40 bits per heavy atom. The van der Waals surface area contributed by atoms with E-state index in [1.807, 2.05) is 0 Å². The summed E-state index contributed by atoms with van der Waals surface area (Å²) in [5.41, 5.74) is 0. The number of fused-ring (bicyclic) bond motifs is 2. The summed E-state index contributed by atoms with van der Waals surface area (Å²) in [7, 11) is 0. The number of hydrogen-bond acceptors (Lipinski definition) is 3. The van der Waals surface area contributed by atoms with Gasteiger partial charge >= 0.3 is 0 Å². The largest absolute Gasteiger partial charge is 0.393 e. The fraction of sp³-hybridized carbons (Fsp3) is 0.857. The number of hydrogen-bond donors (Lipinski definition) is 2. The van der Waals surface area contributed by atoms with Crippen molar-refractivity contribution in [2.75, 3.05) is 0 Å². The molecule has 2 rings (SSSR count). The summed E-state index contributed by atoms with van der Waals surface area (Å²) in [5, 5.41) is 18.3. The molecule has 0 aromatic heterocycles. The van der Waals surface area contributed by atoms with Crippen molar-refractivity contribution in [3.05, 3.63) is 0 Å². The van der Waals surface area contributed by atoms with Crippen molar-refractivity contribution in [3.8, 4) is 0 Å². The van der Waals surface area contributed by atoms with Gasteiger partial charge in [-0.05, 0) is 12.8 Å². The van der Waals surface area contributed by atoms with Gasteiger partial charge in [0.25, 0.3) is 0 Å². The summed E-state index contributed by atoms with van der Waals surface area (Å²) in [6.07, 6.45) is -0.0340. The van der Waals surface area contributed by atoms with Gasteiger partial charge in [0, 0.05) is 11.8 Å². The van der Waals surface area contributed by atoms with Gasteiger partial charge in [-0.3, -0.25) is 4.79 Å². The van der Waals surface area contributed by atoms with E-state index < -0.39 is 12.2 Å².